The fraction of sp³-hybridized carbons (Fsp3) is 0.400. The van der Waals surface area contributed by atoms with E-state index in [9.17, 15) is 4.39 Å². The fourth-order valence-corrected chi connectivity index (χ4v) is 3.53. The quantitative estimate of drug-likeness (QED) is 0.556. The van der Waals surface area contributed by atoms with Gasteiger partial charge in [-0.3, -0.25) is 0 Å². The molecule has 24 heavy (non-hydrogen) atoms. The molecule has 0 radical (unpaired) electrons. The summed E-state index contributed by atoms with van der Waals surface area (Å²) in [6.07, 6.45) is 2.98. The van der Waals surface area contributed by atoms with Crippen molar-refractivity contribution in [1.82, 2.24) is 24.8 Å². The number of imidazole rings is 1. The van der Waals surface area contributed by atoms with E-state index in [2.05, 4.69) is 20.2 Å². The molecular formula is C15H17FN6OS. The summed E-state index contributed by atoms with van der Waals surface area (Å²) in [5.41, 5.74) is 1.02. The Balaban J connectivity index is 1.49. The van der Waals surface area contributed by atoms with E-state index in [0.717, 1.165) is 25.9 Å². The molecule has 126 valence electrons. The van der Waals surface area contributed by atoms with Crippen LogP contribution in [0.5, 0.6) is 0 Å². The van der Waals surface area contributed by atoms with E-state index >= 15 is 0 Å². The summed E-state index contributed by atoms with van der Waals surface area (Å²) in [4.78, 5) is 7.38. The minimum Gasteiger partial charge on any atom is -0.370 e. The van der Waals surface area contributed by atoms with Crippen LogP contribution in [-0.2, 0) is 10.5 Å². The van der Waals surface area contributed by atoms with Gasteiger partial charge in [0.1, 0.15) is 17.4 Å². The van der Waals surface area contributed by atoms with E-state index < -0.39 is 0 Å². The Morgan fingerprint density at radius 1 is 1.38 bits per heavy atom. The molecular weight excluding hydrogens is 331 g/mol. The van der Waals surface area contributed by atoms with E-state index in [1.807, 2.05) is 0 Å². The van der Waals surface area contributed by atoms with Gasteiger partial charge >= 0.3 is 0 Å². The minimum absolute atomic E-state index is 0.0918. The van der Waals surface area contributed by atoms with Crippen LogP contribution in [0.3, 0.4) is 0 Å². The first-order chi connectivity index (χ1) is 11.7. The highest BCUT2D eigenvalue weighted by Gasteiger charge is 2.23. The Bertz CT molecular complexity index is 857. The molecule has 1 fully saturated rings. The number of nitrogens with two attached hydrogens (primary N) is 1. The number of nitrogen functional groups attached to an aromatic ring is 1. The molecule has 0 spiro atoms. The number of para-hydroxylation sites is 1. The molecule has 9 heteroatoms. The smallest absolute Gasteiger partial charge is 0.210 e. The minimum atomic E-state index is -0.335. The maximum atomic E-state index is 13.7. The number of nitrogens with zero attached hydrogens (tertiary/aromatic N) is 4. The van der Waals surface area contributed by atoms with E-state index in [0.29, 0.717) is 33.6 Å². The maximum absolute atomic E-state index is 13.7. The molecule has 1 unspecified atom stereocenters. The van der Waals surface area contributed by atoms with E-state index in [1.165, 1.54) is 22.5 Å². The molecule has 2 aromatic heterocycles. The van der Waals surface area contributed by atoms with Crippen molar-refractivity contribution >= 4 is 22.8 Å². The molecule has 3 N–H and O–H groups in total. The molecule has 1 saturated heterocycles. The number of thioether (sulfide) groups is 1. The Hall–Kier alpha value is -2.13. The molecule has 3 aromatic rings. The first kappa shape index (κ1) is 15.4. The summed E-state index contributed by atoms with van der Waals surface area (Å²) in [6.45, 7) is 0.727. The second-order valence-electron chi connectivity index (χ2n) is 5.67. The standard InChI is InChI=1S/C15H17FN6OS/c16-9-4-3-5-10-13(9)19-12(18-10)8-24-15-21-20-14(22(15)17)11-6-1-2-7-23-11/h3-5,11H,1-2,6-8,17H2,(H,18,19). The number of ether oxygens (including phenoxy) is 1. The van der Waals surface area contributed by atoms with Gasteiger partial charge in [0, 0.05) is 6.61 Å². The molecule has 0 amide bonds. The number of fused-ring (bicyclic) bond motifs is 1. The van der Waals surface area contributed by atoms with Crippen LogP contribution in [0.4, 0.5) is 4.39 Å². The number of benzene rings is 1. The number of hydrogen-bond acceptors (Lipinski definition) is 6. The van der Waals surface area contributed by atoms with Gasteiger partial charge in [-0.2, -0.15) is 0 Å². The summed E-state index contributed by atoms with van der Waals surface area (Å²) in [6, 6.07) is 4.84. The molecule has 7 nitrogen and oxygen atoms in total. The Morgan fingerprint density at radius 2 is 2.29 bits per heavy atom. The maximum Gasteiger partial charge on any atom is 0.210 e. The second kappa shape index (κ2) is 6.40. The number of aromatic nitrogens is 5. The van der Waals surface area contributed by atoms with Gasteiger partial charge in [0.15, 0.2) is 11.6 Å². The summed E-state index contributed by atoms with van der Waals surface area (Å²) in [5, 5.41) is 8.88. The zero-order chi connectivity index (χ0) is 16.5. The summed E-state index contributed by atoms with van der Waals surface area (Å²) >= 11 is 1.40. The molecule has 4 rings (SSSR count). The topological polar surface area (TPSA) is 94.6 Å². The van der Waals surface area contributed by atoms with Crippen LogP contribution in [0.2, 0.25) is 0 Å². The molecule has 1 aliphatic rings. The zero-order valence-corrected chi connectivity index (χ0v) is 13.7. The van der Waals surface area contributed by atoms with Crippen LogP contribution in [0.15, 0.2) is 23.4 Å². The lowest BCUT2D eigenvalue weighted by Crippen LogP contribution is -2.21. The third kappa shape index (κ3) is 2.84. The van der Waals surface area contributed by atoms with Gasteiger partial charge in [-0.05, 0) is 31.4 Å². The van der Waals surface area contributed by atoms with Gasteiger partial charge in [-0.25, -0.2) is 14.1 Å². The van der Waals surface area contributed by atoms with Crippen molar-refractivity contribution in [3.8, 4) is 0 Å². The van der Waals surface area contributed by atoms with Crippen molar-refractivity contribution in [2.45, 2.75) is 36.3 Å². The number of hydrogen-bond donors (Lipinski definition) is 2. The first-order valence-electron chi connectivity index (χ1n) is 7.80. The third-order valence-corrected chi connectivity index (χ3v) is 4.96. The van der Waals surface area contributed by atoms with Crippen LogP contribution < -0.4 is 5.84 Å². The molecule has 0 saturated carbocycles. The van der Waals surface area contributed by atoms with Crippen molar-refractivity contribution in [2.75, 3.05) is 12.4 Å². The lowest BCUT2D eigenvalue weighted by Gasteiger charge is -2.21. The highest BCUT2D eigenvalue weighted by molar-refractivity contribution is 7.98. The van der Waals surface area contributed by atoms with Crippen LogP contribution in [0.1, 0.15) is 37.0 Å². The average Bonchev–Trinajstić information content (AvgIpc) is 3.18. The molecule has 1 aromatic carbocycles. The molecule has 0 bridgehead atoms. The van der Waals surface area contributed by atoms with Gasteiger partial charge in [-0.15, -0.1) is 10.2 Å². The van der Waals surface area contributed by atoms with Crippen LogP contribution in [-0.4, -0.2) is 31.4 Å². The predicted molar refractivity (Wildman–Crippen MR) is 88.3 cm³/mol. The number of halogens is 1. The SMILES string of the molecule is Nn1c(SCc2nc3c(F)cccc3[nH]2)nnc1C1CCCCO1. The number of nitrogens with one attached hydrogen (secondary N) is 1. The Kier molecular flexibility index (Phi) is 4.11. The molecule has 1 atom stereocenters. The van der Waals surface area contributed by atoms with Crippen molar-refractivity contribution in [3.05, 3.63) is 35.7 Å². The monoisotopic (exact) mass is 348 g/mol. The fourth-order valence-electron chi connectivity index (χ4n) is 2.80. The van der Waals surface area contributed by atoms with Crippen molar-refractivity contribution < 1.29 is 9.13 Å². The highest BCUT2D eigenvalue weighted by Crippen LogP contribution is 2.28. The lowest BCUT2D eigenvalue weighted by molar-refractivity contribution is 0.00780. The van der Waals surface area contributed by atoms with Crippen molar-refractivity contribution in [3.63, 3.8) is 0 Å². The summed E-state index contributed by atoms with van der Waals surface area (Å²) in [5.74, 6) is 7.57. The lowest BCUT2D eigenvalue weighted by atomic mass is 10.1. The van der Waals surface area contributed by atoms with Crippen LogP contribution in [0, 0.1) is 5.82 Å². The van der Waals surface area contributed by atoms with Gasteiger partial charge in [0.05, 0.1) is 11.3 Å². The van der Waals surface area contributed by atoms with E-state index in [-0.39, 0.29) is 11.9 Å². The van der Waals surface area contributed by atoms with Gasteiger partial charge in [0.2, 0.25) is 5.16 Å². The normalized spacial score (nSPS) is 18.3. The first-order valence-corrected chi connectivity index (χ1v) is 8.79. The highest BCUT2D eigenvalue weighted by atomic mass is 32.2. The zero-order valence-electron chi connectivity index (χ0n) is 12.9. The summed E-state index contributed by atoms with van der Waals surface area (Å²) < 4.78 is 20.9. The van der Waals surface area contributed by atoms with E-state index in [1.54, 1.807) is 12.1 Å². The average molecular weight is 348 g/mol. The Labute approximate surface area is 141 Å². The number of rotatable bonds is 4. The Morgan fingerprint density at radius 3 is 3.08 bits per heavy atom. The van der Waals surface area contributed by atoms with Gasteiger partial charge in [0.25, 0.3) is 0 Å². The number of H-pyrrole nitrogens is 1. The molecule has 0 aliphatic carbocycles. The van der Waals surface area contributed by atoms with E-state index in [4.69, 9.17) is 10.6 Å². The van der Waals surface area contributed by atoms with Crippen molar-refractivity contribution in [2.24, 2.45) is 0 Å². The third-order valence-electron chi connectivity index (χ3n) is 4.01. The molecule has 3 heterocycles. The second-order valence-corrected chi connectivity index (χ2v) is 6.62. The van der Waals surface area contributed by atoms with Crippen LogP contribution in [0.25, 0.3) is 11.0 Å². The van der Waals surface area contributed by atoms with Gasteiger partial charge < -0.3 is 15.6 Å². The van der Waals surface area contributed by atoms with Crippen molar-refractivity contribution in [1.29, 1.82) is 0 Å². The largest absolute Gasteiger partial charge is 0.370 e. The predicted octanol–water partition coefficient (Wildman–Crippen LogP) is 2.54. The molecule has 1 aliphatic heterocycles. The van der Waals surface area contributed by atoms with Crippen LogP contribution >= 0.6 is 11.8 Å². The number of aromatic amines is 1. The summed E-state index contributed by atoms with van der Waals surface area (Å²) in [7, 11) is 0. The van der Waals surface area contributed by atoms with Gasteiger partial charge in [-0.1, -0.05) is 17.8 Å².